The SMILES string of the molecule is COc1c([C@H](C)n2ccc(=O)c3c(N)ncnc32)cc(Cl)c(C)c1-c1ccc(C(=O)N(C)C)nc1. The molecule has 1 aromatic carbocycles. The van der Waals surface area contributed by atoms with E-state index in [2.05, 4.69) is 15.0 Å². The predicted molar refractivity (Wildman–Crippen MR) is 136 cm³/mol. The van der Waals surface area contributed by atoms with Gasteiger partial charge >= 0.3 is 0 Å². The van der Waals surface area contributed by atoms with Gasteiger partial charge in [0.25, 0.3) is 5.91 Å². The molecule has 1 amide bonds. The fourth-order valence-corrected chi connectivity index (χ4v) is 4.32. The van der Waals surface area contributed by atoms with Crippen molar-refractivity contribution in [1.29, 1.82) is 0 Å². The van der Waals surface area contributed by atoms with E-state index in [4.69, 9.17) is 22.1 Å². The minimum absolute atomic E-state index is 0.120. The van der Waals surface area contributed by atoms with Gasteiger partial charge in [-0.05, 0) is 31.5 Å². The number of pyridine rings is 2. The molecule has 0 aliphatic carbocycles. The number of fused-ring (bicyclic) bond motifs is 1. The molecular formula is C25H25ClN6O3. The molecule has 3 heterocycles. The smallest absolute Gasteiger partial charge is 0.271 e. The Hall–Kier alpha value is -3.98. The zero-order valence-corrected chi connectivity index (χ0v) is 20.8. The van der Waals surface area contributed by atoms with Gasteiger partial charge in [-0.2, -0.15) is 0 Å². The first-order valence-electron chi connectivity index (χ1n) is 10.8. The number of rotatable bonds is 5. The van der Waals surface area contributed by atoms with Gasteiger partial charge in [0.15, 0.2) is 5.43 Å². The Morgan fingerprint density at radius 3 is 2.57 bits per heavy atom. The molecule has 4 aromatic rings. The van der Waals surface area contributed by atoms with Gasteiger partial charge in [-0.1, -0.05) is 17.7 Å². The van der Waals surface area contributed by atoms with Gasteiger partial charge in [-0.3, -0.25) is 14.6 Å². The van der Waals surface area contributed by atoms with Crippen molar-refractivity contribution in [3.05, 3.63) is 75.1 Å². The van der Waals surface area contributed by atoms with E-state index in [9.17, 15) is 9.59 Å². The average molecular weight is 493 g/mol. The molecule has 9 nitrogen and oxygen atoms in total. The molecule has 3 aromatic heterocycles. The molecule has 0 saturated carbocycles. The number of anilines is 1. The number of methoxy groups -OCH3 is 1. The van der Waals surface area contributed by atoms with Gasteiger partial charge < -0.3 is 19.9 Å². The molecule has 35 heavy (non-hydrogen) atoms. The van der Waals surface area contributed by atoms with Crippen molar-refractivity contribution >= 4 is 34.4 Å². The summed E-state index contributed by atoms with van der Waals surface area (Å²) in [4.78, 5) is 38.8. The van der Waals surface area contributed by atoms with Crippen molar-refractivity contribution in [3.8, 4) is 16.9 Å². The van der Waals surface area contributed by atoms with Crippen LogP contribution in [0.4, 0.5) is 5.82 Å². The van der Waals surface area contributed by atoms with E-state index in [0.717, 1.165) is 22.3 Å². The van der Waals surface area contributed by atoms with Gasteiger partial charge in [0.2, 0.25) is 0 Å². The Bertz CT molecular complexity index is 1500. The van der Waals surface area contributed by atoms with Gasteiger partial charge in [0.1, 0.15) is 34.6 Å². The van der Waals surface area contributed by atoms with E-state index in [1.165, 1.54) is 17.3 Å². The standard InChI is InChI=1S/C25H25ClN6O3/c1-13-17(26)10-16(14(2)32-9-8-19(33)21-23(27)29-12-30-24(21)32)22(35-5)20(13)15-6-7-18(28-11-15)25(34)31(3)4/h6-12,14H,1-5H3,(H2,27,29,30)/t14-/m0/s1. The van der Waals surface area contributed by atoms with Crippen molar-refractivity contribution in [2.24, 2.45) is 0 Å². The maximum absolute atomic E-state index is 12.4. The van der Waals surface area contributed by atoms with Crippen LogP contribution in [0.15, 0.2) is 47.8 Å². The molecule has 0 fully saturated rings. The van der Waals surface area contributed by atoms with Crippen LogP contribution in [0.2, 0.25) is 5.02 Å². The molecule has 4 rings (SSSR count). The molecule has 0 bridgehead atoms. The second-order valence-corrected chi connectivity index (χ2v) is 8.74. The first kappa shape index (κ1) is 24.2. The summed E-state index contributed by atoms with van der Waals surface area (Å²) in [6.45, 7) is 3.85. The van der Waals surface area contributed by atoms with Crippen LogP contribution >= 0.6 is 11.6 Å². The molecule has 2 N–H and O–H groups in total. The van der Waals surface area contributed by atoms with Crippen LogP contribution in [0.3, 0.4) is 0 Å². The van der Waals surface area contributed by atoms with Crippen molar-refractivity contribution in [2.75, 3.05) is 26.9 Å². The zero-order chi connectivity index (χ0) is 25.4. The van der Waals surface area contributed by atoms with Crippen LogP contribution in [0.5, 0.6) is 5.75 Å². The lowest BCUT2D eigenvalue weighted by Gasteiger charge is -2.24. The summed E-state index contributed by atoms with van der Waals surface area (Å²) in [6.07, 6.45) is 4.63. The van der Waals surface area contributed by atoms with Gasteiger partial charge in [0, 0.05) is 54.3 Å². The van der Waals surface area contributed by atoms with Crippen LogP contribution < -0.4 is 15.9 Å². The summed E-state index contributed by atoms with van der Waals surface area (Å²) < 4.78 is 7.72. The Kier molecular flexibility index (Phi) is 6.45. The first-order valence-corrected chi connectivity index (χ1v) is 11.2. The highest BCUT2D eigenvalue weighted by molar-refractivity contribution is 6.32. The molecule has 10 heteroatoms. The molecule has 0 spiro atoms. The molecule has 180 valence electrons. The average Bonchev–Trinajstić information content (AvgIpc) is 2.84. The third kappa shape index (κ3) is 4.19. The number of nitrogens with zero attached hydrogens (tertiary/aromatic N) is 5. The van der Waals surface area contributed by atoms with E-state index < -0.39 is 0 Å². The number of aromatic nitrogens is 4. The summed E-state index contributed by atoms with van der Waals surface area (Å²) in [5.74, 6) is 0.531. The molecule has 0 saturated heterocycles. The number of hydrogen-bond donors (Lipinski definition) is 1. The first-order chi connectivity index (χ1) is 16.6. The zero-order valence-electron chi connectivity index (χ0n) is 20.0. The monoisotopic (exact) mass is 492 g/mol. The highest BCUT2D eigenvalue weighted by Crippen LogP contribution is 2.43. The Labute approximate surface area is 207 Å². The number of nitrogens with two attached hydrogens (primary N) is 1. The summed E-state index contributed by atoms with van der Waals surface area (Å²) in [6, 6.07) is 6.45. The van der Waals surface area contributed by atoms with Crippen LogP contribution in [0, 0.1) is 6.92 Å². The van der Waals surface area contributed by atoms with Gasteiger partial charge in [0.05, 0.1) is 13.2 Å². The lowest BCUT2D eigenvalue weighted by Crippen LogP contribution is -2.22. The summed E-state index contributed by atoms with van der Waals surface area (Å²) >= 11 is 6.68. The van der Waals surface area contributed by atoms with Crippen molar-refractivity contribution in [1.82, 2.24) is 24.4 Å². The summed E-state index contributed by atoms with van der Waals surface area (Å²) in [5, 5.41) is 0.792. The Balaban J connectivity index is 1.91. The third-order valence-electron chi connectivity index (χ3n) is 5.99. The second kappa shape index (κ2) is 9.34. The van der Waals surface area contributed by atoms with E-state index in [1.54, 1.807) is 39.7 Å². The molecule has 0 aliphatic rings. The predicted octanol–water partition coefficient (Wildman–Crippen LogP) is 3.72. The lowest BCUT2D eigenvalue weighted by molar-refractivity contribution is 0.0822. The van der Waals surface area contributed by atoms with E-state index in [1.807, 2.05) is 30.5 Å². The molecule has 0 unspecified atom stereocenters. The summed E-state index contributed by atoms with van der Waals surface area (Å²) in [5.41, 5.74) is 9.56. The van der Waals surface area contributed by atoms with Crippen molar-refractivity contribution in [3.63, 3.8) is 0 Å². The second-order valence-electron chi connectivity index (χ2n) is 8.33. The number of ether oxygens (including phenoxy) is 1. The minimum atomic E-state index is -0.332. The number of carbonyl (C=O) groups excluding carboxylic acids is 1. The molecule has 0 radical (unpaired) electrons. The molecule has 1 atom stereocenters. The maximum atomic E-state index is 12.4. The highest BCUT2D eigenvalue weighted by atomic mass is 35.5. The molecule has 0 aliphatic heterocycles. The Morgan fingerprint density at radius 2 is 1.94 bits per heavy atom. The van der Waals surface area contributed by atoms with Crippen molar-refractivity contribution < 1.29 is 9.53 Å². The normalized spacial score (nSPS) is 11.9. The van der Waals surface area contributed by atoms with E-state index in [-0.39, 0.29) is 28.6 Å². The van der Waals surface area contributed by atoms with Gasteiger partial charge in [-0.15, -0.1) is 0 Å². The fourth-order valence-electron chi connectivity index (χ4n) is 4.11. The topological polar surface area (TPSA) is 116 Å². The number of carbonyl (C=O) groups is 1. The van der Waals surface area contributed by atoms with Crippen molar-refractivity contribution in [2.45, 2.75) is 19.9 Å². The van der Waals surface area contributed by atoms with Crippen LogP contribution in [-0.2, 0) is 0 Å². The fraction of sp³-hybridized carbons (Fsp3) is 0.240. The quantitative estimate of drug-likeness (QED) is 0.451. The highest BCUT2D eigenvalue weighted by Gasteiger charge is 2.24. The van der Waals surface area contributed by atoms with Crippen LogP contribution in [0.25, 0.3) is 22.2 Å². The third-order valence-corrected chi connectivity index (χ3v) is 6.38. The number of benzene rings is 1. The number of nitrogen functional groups attached to an aromatic ring is 1. The number of hydrogen-bond acceptors (Lipinski definition) is 7. The minimum Gasteiger partial charge on any atom is -0.496 e. The van der Waals surface area contributed by atoms with Crippen LogP contribution in [0.1, 0.15) is 34.6 Å². The largest absolute Gasteiger partial charge is 0.496 e. The van der Waals surface area contributed by atoms with E-state index >= 15 is 0 Å². The summed E-state index contributed by atoms with van der Waals surface area (Å²) in [7, 11) is 4.94. The molecular weight excluding hydrogens is 468 g/mol. The lowest BCUT2D eigenvalue weighted by atomic mass is 9.94. The number of halogens is 1. The van der Waals surface area contributed by atoms with Crippen LogP contribution in [-0.4, -0.2) is 51.5 Å². The van der Waals surface area contributed by atoms with E-state index in [0.29, 0.717) is 22.1 Å². The Morgan fingerprint density at radius 1 is 1.20 bits per heavy atom. The maximum Gasteiger partial charge on any atom is 0.271 e. The van der Waals surface area contributed by atoms with Gasteiger partial charge in [-0.25, -0.2) is 9.97 Å². The number of amides is 1.